The van der Waals surface area contributed by atoms with Crippen molar-refractivity contribution in [2.45, 2.75) is 137 Å². The zero-order valence-electron chi connectivity index (χ0n) is 39.6. The van der Waals surface area contributed by atoms with Crippen molar-refractivity contribution in [3.8, 4) is 11.5 Å². The molecule has 10 nitrogen and oxygen atoms in total. The summed E-state index contributed by atoms with van der Waals surface area (Å²) in [6, 6.07) is 31.8. The van der Waals surface area contributed by atoms with Gasteiger partial charge in [0, 0.05) is 34.1 Å². The first kappa shape index (κ1) is 51.6. The molecule has 10 heteroatoms. The van der Waals surface area contributed by atoms with Crippen LogP contribution in [-0.2, 0) is 28.5 Å². The van der Waals surface area contributed by atoms with Crippen LogP contribution in [0.2, 0.25) is 0 Å². The van der Waals surface area contributed by atoms with E-state index < -0.39 is 17.3 Å². The Kier molecular flexibility index (Phi) is 19.6. The fourth-order valence-corrected chi connectivity index (χ4v) is 7.19. The summed E-state index contributed by atoms with van der Waals surface area (Å²) in [5, 5.41) is 0. The van der Waals surface area contributed by atoms with Crippen LogP contribution < -0.4 is 9.47 Å². The van der Waals surface area contributed by atoms with E-state index >= 15 is 0 Å². The zero-order chi connectivity index (χ0) is 46.9. The van der Waals surface area contributed by atoms with E-state index in [4.69, 9.17) is 28.4 Å². The molecule has 0 aromatic heterocycles. The van der Waals surface area contributed by atoms with E-state index in [1.54, 1.807) is 79.7 Å². The van der Waals surface area contributed by atoms with Crippen LogP contribution in [0.25, 0.3) is 0 Å². The molecule has 0 amide bonds. The van der Waals surface area contributed by atoms with E-state index in [0.29, 0.717) is 66.2 Å². The number of benzene rings is 4. The van der Waals surface area contributed by atoms with Crippen LogP contribution >= 0.6 is 0 Å². The molecule has 0 aliphatic carbocycles. The zero-order valence-corrected chi connectivity index (χ0v) is 39.6. The Bertz CT molecular complexity index is 2060. The molecule has 6 unspecified atom stereocenters. The van der Waals surface area contributed by atoms with Crippen molar-refractivity contribution >= 4 is 23.1 Å². The molecule has 0 N–H and O–H groups in total. The van der Waals surface area contributed by atoms with E-state index in [0.717, 1.165) is 12.8 Å². The Morgan fingerprint density at radius 3 is 1.53 bits per heavy atom. The second-order valence-corrected chi connectivity index (χ2v) is 18.0. The minimum absolute atomic E-state index is 0.0765. The summed E-state index contributed by atoms with van der Waals surface area (Å²) in [4.78, 5) is 51.9. The van der Waals surface area contributed by atoms with Crippen LogP contribution in [0.1, 0.15) is 133 Å². The lowest BCUT2D eigenvalue weighted by atomic mass is 9.92. The topological polar surface area (TPSA) is 124 Å². The average Bonchev–Trinajstić information content (AvgIpc) is 3.30. The van der Waals surface area contributed by atoms with Gasteiger partial charge in [0.2, 0.25) is 5.78 Å². The van der Waals surface area contributed by atoms with Gasteiger partial charge in [0.15, 0.2) is 17.3 Å². The van der Waals surface area contributed by atoms with Gasteiger partial charge in [-0.15, -0.1) is 0 Å². The predicted molar refractivity (Wildman–Crippen MR) is 251 cm³/mol. The SMILES string of the molecule is CCC(CC(C)OC(C)(CC)C(=O)COc1ccc(C(=O)c2ccccc2)cc1)OCC(C)(C)COC(C)(CC)CC(C)OC(C)C(=O)COc1ccc(C(=O)c2ccccc2)cc1. The highest BCUT2D eigenvalue weighted by molar-refractivity contribution is 6.09. The van der Waals surface area contributed by atoms with Crippen molar-refractivity contribution < 1.29 is 47.6 Å². The summed E-state index contributed by atoms with van der Waals surface area (Å²) < 4.78 is 37.2. The molecule has 0 aliphatic rings. The summed E-state index contributed by atoms with van der Waals surface area (Å²) in [5.41, 5.74) is 0.471. The number of rotatable bonds is 29. The van der Waals surface area contributed by atoms with Crippen LogP contribution in [0.15, 0.2) is 109 Å². The van der Waals surface area contributed by atoms with Crippen LogP contribution in [0.3, 0.4) is 0 Å². The lowest BCUT2D eigenvalue weighted by Crippen LogP contribution is -2.44. The summed E-state index contributed by atoms with van der Waals surface area (Å²) in [6.45, 7) is 20.5. The highest BCUT2D eigenvalue weighted by Crippen LogP contribution is 2.29. The Morgan fingerprint density at radius 1 is 0.578 bits per heavy atom. The maximum absolute atomic E-state index is 13.5. The lowest BCUT2D eigenvalue weighted by Gasteiger charge is -2.36. The number of carbonyl (C=O) groups is 4. The first-order valence-corrected chi connectivity index (χ1v) is 22.7. The molecule has 0 saturated heterocycles. The lowest BCUT2D eigenvalue weighted by molar-refractivity contribution is -0.156. The number of carbonyl (C=O) groups excluding carboxylic acids is 4. The first-order valence-electron chi connectivity index (χ1n) is 22.7. The molecule has 6 atom stereocenters. The van der Waals surface area contributed by atoms with Gasteiger partial charge in [-0.2, -0.15) is 0 Å². The van der Waals surface area contributed by atoms with Gasteiger partial charge in [-0.3, -0.25) is 19.2 Å². The van der Waals surface area contributed by atoms with E-state index in [1.165, 1.54) is 0 Å². The summed E-state index contributed by atoms with van der Waals surface area (Å²) in [5.74, 6) is 0.498. The third kappa shape index (κ3) is 15.9. The van der Waals surface area contributed by atoms with Gasteiger partial charge in [-0.1, -0.05) is 95.3 Å². The fraction of sp³-hybridized carbons (Fsp3) is 0.481. The maximum atomic E-state index is 13.5. The number of ketones is 4. The van der Waals surface area contributed by atoms with Gasteiger partial charge in [-0.05, 0) is 109 Å². The van der Waals surface area contributed by atoms with Crippen LogP contribution in [0, 0.1) is 5.41 Å². The number of ether oxygens (including phenoxy) is 6. The van der Waals surface area contributed by atoms with Crippen LogP contribution in [0.4, 0.5) is 0 Å². The van der Waals surface area contributed by atoms with Gasteiger partial charge < -0.3 is 28.4 Å². The van der Waals surface area contributed by atoms with Crippen molar-refractivity contribution in [2.24, 2.45) is 5.41 Å². The Labute approximate surface area is 381 Å². The number of hydrogen-bond donors (Lipinski definition) is 0. The van der Waals surface area contributed by atoms with E-state index in [1.807, 2.05) is 64.1 Å². The first-order chi connectivity index (χ1) is 30.4. The molecule has 346 valence electrons. The van der Waals surface area contributed by atoms with E-state index in [9.17, 15) is 19.2 Å². The minimum atomic E-state index is -1.04. The van der Waals surface area contributed by atoms with E-state index in [-0.39, 0.29) is 60.1 Å². The Balaban J connectivity index is 1.18. The number of hydrogen-bond acceptors (Lipinski definition) is 10. The van der Waals surface area contributed by atoms with Crippen LogP contribution in [0.5, 0.6) is 11.5 Å². The van der Waals surface area contributed by atoms with Crippen molar-refractivity contribution in [2.75, 3.05) is 26.4 Å². The third-order valence-corrected chi connectivity index (χ3v) is 11.7. The molecular weight excluding hydrogens is 809 g/mol. The summed E-state index contributed by atoms with van der Waals surface area (Å²) in [6.07, 6.45) is 1.93. The molecule has 0 heterocycles. The standard InChI is InChI=1S/C54H70O10/c1-11-45(32-38(4)64-54(10,13-3)49(56)35-60-47-30-26-44(27-31-47)51(58)42-22-18-15-19-23-42)61-36-52(7,8)37-62-53(9,12-2)33-39(5)63-40(6)48(55)34-59-46-28-24-43(25-29-46)50(57)41-20-16-14-17-21-41/h14-31,38-40,45H,11-13,32-37H2,1-10H3. The molecule has 0 aliphatic heterocycles. The minimum Gasteiger partial charge on any atom is -0.486 e. The van der Waals surface area contributed by atoms with Crippen LogP contribution in [-0.4, -0.2) is 85.2 Å². The third-order valence-electron chi connectivity index (χ3n) is 11.7. The van der Waals surface area contributed by atoms with Gasteiger partial charge in [-0.25, -0.2) is 0 Å². The van der Waals surface area contributed by atoms with Gasteiger partial charge >= 0.3 is 0 Å². The maximum Gasteiger partial charge on any atom is 0.201 e. The average molecular weight is 879 g/mol. The molecular formula is C54H70O10. The highest BCUT2D eigenvalue weighted by Gasteiger charge is 2.36. The second kappa shape index (κ2) is 24.3. The largest absolute Gasteiger partial charge is 0.486 e. The smallest absolute Gasteiger partial charge is 0.201 e. The monoisotopic (exact) mass is 878 g/mol. The number of Topliss-reactive ketones (excluding diaryl/α,β-unsaturated/α-hetero) is 2. The van der Waals surface area contributed by atoms with E-state index in [2.05, 4.69) is 34.6 Å². The van der Waals surface area contributed by atoms with Crippen molar-refractivity contribution in [1.29, 1.82) is 0 Å². The molecule has 4 aromatic rings. The fourth-order valence-electron chi connectivity index (χ4n) is 7.19. The van der Waals surface area contributed by atoms with Gasteiger partial charge in [0.1, 0.15) is 36.4 Å². The molecule has 4 aromatic carbocycles. The molecule has 0 fully saturated rings. The normalized spacial score (nSPS) is 15.5. The molecule has 4 rings (SSSR count). The van der Waals surface area contributed by atoms with Gasteiger partial charge in [0.05, 0.1) is 37.1 Å². The summed E-state index contributed by atoms with van der Waals surface area (Å²) >= 11 is 0. The highest BCUT2D eigenvalue weighted by atomic mass is 16.5. The Morgan fingerprint density at radius 2 is 1.06 bits per heavy atom. The quantitative estimate of drug-likeness (QED) is 0.0487. The molecule has 0 saturated carbocycles. The predicted octanol–water partition coefficient (Wildman–Crippen LogP) is 10.9. The second-order valence-electron chi connectivity index (χ2n) is 18.0. The van der Waals surface area contributed by atoms with Crippen molar-refractivity contribution in [1.82, 2.24) is 0 Å². The van der Waals surface area contributed by atoms with Gasteiger partial charge in [0.25, 0.3) is 0 Å². The van der Waals surface area contributed by atoms with Crippen molar-refractivity contribution in [3.05, 3.63) is 131 Å². The molecule has 64 heavy (non-hydrogen) atoms. The molecule has 0 radical (unpaired) electrons. The summed E-state index contributed by atoms with van der Waals surface area (Å²) in [7, 11) is 0. The van der Waals surface area contributed by atoms with Crippen molar-refractivity contribution in [3.63, 3.8) is 0 Å². The molecule has 0 bridgehead atoms. The molecule has 0 spiro atoms. The Hall–Kier alpha value is -5.00.